The third-order valence-corrected chi connectivity index (χ3v) is 2.65. The molecule has 1 unspecified atom stereocenters. The lowest BCUT2D eigenvalue weighted by Crippen LogP contribution is -2.33. The Balaban J connectivity index is 2.43. The fourth-order valence-corrected chi connectivity index (χ4v) is 1.56. The minimum Gasteiger partial charge on any atom is -0.468 e. The van der Waals surface area contributed by atoms with Crippen LogP contribution in [0.1, 0.15) is 5.56 Å². The molecule has 0 saturated heterocycles. The zero-order valence-electron chi connectivity index (χ0n) is 8.64. The Morgan fingerprint density at radius 1 is 1.60 bits per heavy atom. The second-order valence-corrected chi connectivity index (χ2v) is 3.97. The average Bonchev–Trinajstić information content (AvgIpc) is 2.26. The Morgan fingerprint density at radius 2 is 2.20 bits per heavy atom. The average molecular weight is 227 g/mol. The van der Waals surface area contributed by atoms with Gasteiger partial charge in [0.05, 0.1) is 7.11 Å². The summed E-state index contributed by atoms with van der Waals surface area (Å²) in [6.07, 6.45) is 3.44. The number of rotatable bonds is 4. The molecule has 1 aromatic rings. The van der Waals surface area contributed by atoms with Gasteiger partial charge in [0.1, 0.15) is 6.04 Å². The summed E-state index contributed by atoms with van der Waals surface area (Å²) in [5, 5.41) is 0.611. The second kappa shape index (κ2) is 5.67. The highest BCUT2D eigenvalue weighted by atomic mass is 32.2. The number of ether oxygens (including phenoxy) is 1. The molecule has 0 amide bonds. The molecule has 1 heterocycles. The van der Waals surface area contributed by atoms with Crippen LogP contribution in [-0.4, -0.2) is 34.8 Å². The molecule has 6 heteroatoms. The summed E-state index contributed by atoms with van der Waals surface area (Å²) in [6.45, 7) is 1.91. The Hall–Kier alpha value is -1.14. The zero-order chi connectivity index (χ0) is 11.3. The van der Waals surface area contributed by atoms with Crippen LogP contribution < -0.4 is 5.73 Å². The van der Waals surface area contributed by atoms with Crippen LogP contribution in [0.3, 0.4) is 0 Å². The molecule has 0 radical (unpaired) electrons. The van der Waals surface area contributed by atoms with Gasteiger partial charge in [-0.1, -0.05) is 11.8 Å². The summed E-state index contributed by atoms with van der Waals surface area (Å²) < 4.78 is 4.50. The van der Waals surface area contributed by atoms with E-state index in [0.29, 0.717) is 10.9 Å². The summed E-state index contributed by atoms with van der Waals surface area (Å²) in [5.74, 6) is -0.00922. The largest absolute Gasteiger partial charge is 0.468 e. The van der Waals surface area contributed by atoms with Crippen LogP contribution in [-0.2, 0) is 9.53 Å². The molecule has 1 aromatic heterocycles. The van der Waals surface area contributed by atoms with Crippen LogP contribution in [0.4, 0.5) is 0 Å². The van der Waals surface area contributed by atoms with E-state index in [4.69, 9.17) is 5.73 Å². The van der Waals surface area contributed by atoms with Crippen molar-refractivity contribution in [3.8, 4) is 0 Å². The number of nitrogens with zero attached hydrogens (tertiary/aromatic N) is 2. The highest BCUT2D eigenvalue weighted by Crippen LogP contribution is 2.12. The van der Waals surface area contributed by atoms with E-state index in [0.717, 1.165) is 5.56 Å². The van der Waals surface area contributed by atoms with Crippen molar-refractivity contribution < 1.29 is 9.53 Å². The fourth-order valence-electron chi connectivity index (χ4n) is 0.839. The van der Waals surface area contributed by atoms with E-state index in [1.807, 2.05) is 6.92 Å². The summed E-state index contributed by atoms with van der Waals surface area (Å²) in [6, 6.07) is -0.634. The highest BCUT2D eigenvalue weighted by molar-refractivity contribution is 7.99. The van der Waals surface area contributed by atoms with Crippen molar-refractivity contribution in [2.45, 2.75) is 18.1 Å². The molecule has 2 N–H and O–H groups in total. The lowest BCUT2D eigenvalue weighted by molar-refractivity contribution is -0.141. The molecular weight excluding hydrogens is 214 g/mol. The quantitative estimate of drug-likeness (QED) is 0.455. The summed E-state index contributed by atoms with van der Waals surface area (Å²) in [5.41, 5.74) is 6.55. The lowest BCUT2D eigenvalue weighted by Gasteiger charge is -2.07. The van der Waals surface area contributed by atoms with E-state index in [2.05, 4.69) is 14.7 Å². The van der Waals surface area contributed by atoms with E-state index < -0.39 is 12.0 Å². The van der Waals surface area contributed by atoms with Crippen molar-refractivity contribution in [3.05, 3.63) is 18.0 Å². The minimum atomic E-state index is -0.634. The summed E-state index contributed by atoms with van der Waals surface area (Å²) >= 11 is 1.33. The number of hydrogen-bond donors (Lipinski definition) is 1. The monoisotopic (exact) mass is 227 g/mol. The molecular formula is C9H13N3O2S. The maximum atomic E-state index is 11.0. The first-order valence-corrected chi connectivity index (χ1v) is 5.37. The van der Waals surface area contributed by atoms with Gasteiger partial charge in [0.2, 0.25) is 0 Å². The van der Waals surface area contributed by atoms with Crippen molar-refractivity contribution >= 4 is 17.7 Å². The van der Waals surface area contributed by atoms with Crippen molar-refractivity contribution in [1.82, 2.24) is 9.97 Å². The zero-order valence-corrected chi connectivity index (χ0v) is 9.45. The van der Waals surface area contributed by atoms with E-state index in [-0.39, 0.29) is 0 Å². The number of thioether (sulfide) groups is 1. The molecule has 1 atom stereocenters. The van der Waals surface area contributed by atoms with Gasteiger partial charge in [-0.25, -0.2) is 9.97 Å². The summed E-state index contributed by atoms with van der Waals surface area (Å²) in [4.78, 5) is 19.1. The van der Waals surface area contributed by atoms with Gasteiger partial charge in [-0.15, -0.1) is 0 Å². The van der Waals surface area contributed by atoms with Gasteiger partial charge in [0, 0.05) is 18.1 Å². The molecule has 0 fully saturated rings. The Bertz CT molecular complexity index is 329. The maximum absolute atomic E-state index is 11.0. The van der Waals surface area contributed by atoms with Crippen molar-refractivity contribution in [2.75, 3.05) is 12.9 Å². The van der Waals surface area contributed by atoms with Crippen LogP contribution in [0.2, 0.25) is 0 Å². The summed E-state index contributed by atoms with van der Waals surface area (Å²) in [7, 11) is 1.31. The number of esters is 1. The van der Waals surface area contributed by atoms with Crippen LogP contribution in [0.15, 0.2) is 17.6 Å². The number of carbonyl (C=O) groups excluding carboxylic acids is 1. The van der Waals surface area contributed by atoms with Crippen LogP contribution in [0.25, 0.3) is 0 Å². The molecule has 0 bridgehead atoms. The predicted molar refractivity (Wildman–Crippen MR) is 57.5 cm³/mol. The minimum absolute atomic E-state index is 0.412. The van der Waals surface area contributed by atoms with Gasteiger partial charge in [0.15, 0.2) is 5.16 Å². The SMILES string of the molecule is COC(=O)C(N)CSc1ncc(C)cn1. The third-order valence-electron chi connectivity index (χ3n) is 1.65. The normalized spacial score (nSPS) is 12.2. The standard InChI is InChI=1S/C9H13N3O2S/c1-6-3-11-9(12-4-6)15-5-7(10)8(13)14-2/h3-4,7H,5,10H2,1-2H3. The van der Waals surface area contributed by atoms with Crippen LogP contribution >= 0.6 is 11.8 Å². The van der Waals surface area contributed by atoms with Crippen molar-refractivity contribution in [2.24, 2.45) is 5.73 Å². The topological polar surface area (TPSA) is 78.1 Å². The molecule has 0 aliphatic heterocycles. The van der Waals surface area contributed by atoms with Gasteiger partial charge < -0.3 is 10.5 Å². The first-order chi connectivity index (χ1) is 7.13. The molecule has 0 spiro atoms. The van der Waals surface area contributed by atoms with Gasteiger partial charge in [0.25, 0.3) is 0 Å². The number of nitrogens with two attached hydrogens (primary N) is 1. The molecule has 0 aromatic carbocycles. The first-order valence-electron chi connectivity index (χ1n) is 4.38. The number of methoxy groups -OCH3 is 1. The third kappa shape index (κ3) is 3.85. The van der Waals surface area contributed by atoms with Crippen molar-refractivity contribution in [1.29, 1.82) is 0 Å². The highest BCUT2D eigenvalue weighted by Gasteiger charge is 2.14. The number of hydrogen-bond acceptors (Lipinski definition) is 6. The molecule has 5 nitrogen and oxygen atoms in total. The first kappa shape index (κ1) is 11.9. The Morgan fingerprint density at radius 3 is 2.73 bits per heavy atom. The lowest BCUT2D eigenvalue weighted by atomic mass is 10.4. The van der Waals surface area contributed by atoms with Crippen LogP contribution in [0, 0.1) is 6.92 Å². The Labute approximate surface area is 92.4 Å². The fraction of sp³-hybridized carbons (Fsp3) is 0.444. The molecule has 1 rings (SSSR count). The van der Waals surface area contributed by atoms with Gasteiger partial charge >= 0.3 is 5.97 Å². The van der Waals surface area contributed by atoms with E-state index in [1.54, 1.807) is 12.4 Å². The maximum Gasteiger partial charge on any atom is 0.323 e. The number of aryl methyl sites for hydroxylation is 1. The smallest absolute Gasteiger partial charge is 0.323 e. The van der Waals surface area contributed by atoms with E-state index >= 15 is 0 Å². The van der Waals surface area contributed by atoms with E-state index in [9.17, 15) is 4.79 Å². The van der Waals surface area contributed by atoms with E-state index in [1.165, 1.54) is 18.9 Å². The van der Waals surface area contributed by atoms with Gasteiger partial charge in [-0.2, -0.15) is 0 Å². The Kier molecular flexibility index (Phi) is 4.51. The second-order valence-electron chi connectivity index (χ2n) is 2.98. The molecule has 82 valence electrons. The molecule has 0 saturated carbocycles. The molecule has 0 aliphatic rings. The predicted octanol–water partition coefficient (Wildman–Crippen LogP) is 0.377. The molecule has 15 heavy (non-hydrogen) atoms. The van der Waals surface area contributed by atoms with Gasteiger partial charge in [-0.05, 0) is 12.5 Å². The van der Waals surface area contributed by atoms with Gasteiger partial charge in [-0.3, -0.25) is 4.79 Å². The number of aromatic nitrogens is 2. The molecule has 0 aliphatic carbocycles. The van der Waals surface area contributed by atoms with Crippen LogP contribution in [0.5, 0.6) is 0 Å². The van der Waals surface area contributed by atoms with Crippen molar-refractivity contribution in [3.63, 3.8) is 0 Å². The number of carbonyl (C=O) groups is 1.